The molecule has 1 N–H and O–H groups in total. The van der Waals surface area contributed by atoms with Gasteiger partial charge in [-0.2, -0.15) is 0 Å². The molecule has 0 amide bonds. The predicted molar refractivity (Wildman–Crippen MR) is 93.0 cm³/mol. The molecule has 0 aliphatic heterocycles. The number of carboxylic acid groups (broad SMARTS) is 1. The number of nitro benzene ring substituents is 1. The molecule has 0 saturated heterocycles. The van der Waals surface area contributed by atoms with Crippen molar-refractivity contribution in [2.45, 2.75) is 11.8 Å². The summed E-state index contributed by atoms with van der Waals surface area (Å²) in [5.74, 6) is -2.63. The fraction of sp³-hybridized carbons (Fsp3) is 0.188. The molecular weight excluding hydrogens is 383 g/mol. The number of anilines is 1. The Labute approximate surface area is 153 Å². The number of aliphatic carboxylic acids is 1. The first-order chi connectivity index (χ1) is 12.6. The predicted octanol–water partition coefficient (Wildman–Crippen LogP) is 2.33. The Balaban J connectivity index is 2.66. The summed E-state index contributed by atoms with van der Waals surface area (Å²) in [5, 5.41) is 20.1. The van der Waals surface area contributed by atoms with Gasteiger partial charge in [0, 0.05) is 12.1 Å². The molecule has 0 saturated carbocycles. The van der Waals surface area contributed by atoms with Gasteiger partial charge in [-0.15, -0.1) is 0 Å². The Morgan fingerprint density at radius 3 is 2.48 bits per heavy atom. The molecule has 0 fully saturated rings. The number of aryl methyl sites for hydroxylation is 1. The van der Waals surface area contributed by atoms with Crippen LogP contribution < -0.4 is 9.04 Å². The smallest absolute Gasteiger partial charge is 0.324 e. The molecule has 0 unspecified atom stereocenters. The van der Waals surface area contributed by atoms with Crippen molar-refractivity contribution in [1.82, 2.24) is 0 Å². The lowest BCUT2D eigenvalue weighted by molar-refractivity contribution is -0.384. The molecule has 0 atom stereocenters. The molecule has 11 heteroatoms. The van der Waals surface area contributed by atoms with E-state index in [2.05, 4.69) is 0 Å². The van der Waals surface area contributed by atoms with Crippen molar-refractivity contribution < 1.29 is 32.4 Å². The van der Waals surface area contributed by atoms with Gasteiger partial charge in [0.05, 0.1) is 22.6 Å². The van der Waals surface area contributed by atoms with Crippen LogP contribution in [-0.2, 0) is 14.8 Å². The van der Waals surface area contributed by atoms with Gasteiger partial charge in [-0.05, 0) is 30.7 Å². The second-order valence-corrected chi connectivity index (χ2v) is 7.29. The number of carbonyl (C=O) groups is 1. The van der Waals surface area contributed by atoms with Crippen molar-refractivity contribution in [3.8, 4) is 5.75 Å². The molecular formula is C16H15FN2O7S. The number of halogens is 1. The minimum atomic E-state index is -4.53. The number of hydrogen-bond acceptors (Lipinski definition) is 6. The number of non-ortho nitro benzene ring substituents is 1. The van der Waals surface area contributed by atoms with Crippen molar-refractivity contribution in [1.29, 1.82) is 0 Å². The van der Waals surface area contributed by atoms with Crippen molar-refractivity contribution in [2.75, 3.05) is 18.0 Å². The third kappa shape index (κ3) is 4.14. The second-order valence-electron chi connectivity index (χ2n) is 5.43. The summed E-state index contributed by atoms with van der Waals surface area (Å²) in [6.45, 7) is 0.468. The molecule has 2 aromatic rings. The maximum Gasteiger partial charge on any atom is 0.324 e. The van der Waals surface area contributed by atoms with E-state index in [9.17, 15) is 27.7 Å². The zero-order chi connectivity index (χ0) is 20.4. The maximum atomic E-state index is 13.9. The number of rotatable bonds is 7. The highest BCUT2D eigenvalue weighted by atomic mass is 32.2. The van der Waals surface area contributed by atoms with Crippen LogP contribution in [0.4, 0.5) is 15.8 Å². The molecule has 0 spiro atoms. The molecule has 2 aromatic carbocycles. The van der Waals surface area contributed by atoms with Crippen molar-refractivity contribution >= 4 is 27.4 Å². The van der Waals surface area contributed by atoms with E-state index in [1.165, 1.54) is 20.1 Å². The van der Waals surface area contributed by atoms with Crippen LogP contribution in [0, 0.1) is 22.9 Å². The van der Waals surface area contributed by atoms with Crippen molar-refractivity contribution in [3.63, 3.8) is 0 Å². The van der Waals surface area contributed by atoms with E-state index in [4.69, 9.17) is 9.84 Å². The average molecular weight is 398 g/mol. The number of nitro groups is 1. The summed E-state index contributed by atoms with van der Waals surface area (Å²) in [6.07, 6.45) is 0. The monoisotopic (exact) mass is 398 g/mol. The van der Waals surface area contributed by atoms with Gasteiger partial charge in [0.15, 0.2) is 11.6 Å². The van der Waals surface area contributed by atoms with Gasteiger partial charge in [-0.3, -0.25) is 19.2 Å². The Bertz CT molecular complexity index is 1010. The summed E-state index contributed by atoms with van der Waals surface area (Å²) in [5.41, 5.74) is -0.315. The van der Waals surface area contributed by atoms with E-state index in [0.717, 1.165) is 24.3 Å². The van der Waals surface area contributed by atoms with E-state index in [-0.39, 0.29) is 11.4 Å². The lowest BCUT2D eigenvalue weighted by Crippen LogP contribution is -2.36. The number of ether oxygens (including phenoxy) is 1. The van der Waals surface area contributed by atoms with Gasteiger partial charge >= 0.3 is 5.97 Å². The Kier molecular flexibility index (Phi) is 5.64. The lowest BCUT2D eigenvalue weighted by atomic mass is 10.2. The largest absolute Gasteiger partial charge is 0.494 e. The van der Waals surface area contributed by atoms with E-state index < -0.39 is 43.9 Å². The number of sulfonamides is 1. The van der Waals surface area contributed by atoms with Crippen LogP contribution >= 0.6 is 0 Å². The Hall–Kier alpha value is -3.21. The van der Waals surface area contributed by atoms with Gasteiger partial charge in [0.2, 0.25) is 0 Å². The standard InChI is InChI=1S/C16H15FN2O7S/c1-10-3-4-11(19(22)23)7-14(10)18(9-16(20)21)27(24,25)12-5-6-15(26-2)13(17)8-12/h3-8H,9H2,1-2H3,(H,20,21). The van der Waals surface area contributed by atoms with Gasteiger partial charge < -0.3 is 9.84 Å². The minimum Gasteiger partial charge on any atom is -0.494 e. The van der Waals surface area contributed by atoms with Crippen LogP contribution in [0.25, 0.3) is 0 Å². The maximum absolute atomic E-state index is 13.9. The van der Waals surface area contributed by atoms with E-state index in [1.807, 2.05) is 0 Å². The lowest BCUT2D eigenvalue weighted by Gasteiger charge is -2.24. The summed E-state index contributed by atoms with van der Waals surface area (Å²) in [6, 6.07) is 6.25. The SMILES string of the molecule is COc1ccc(S(=O)(=O)N(CC(=O)O)c2cc([N+](=O)[O-])ccc2C)cc1F. The average Bonchev–Trinajstić information content (AvgIpc) is 2.59. The zero-order valence-electron chi connectivity index (χ0n) is 14.2. The topological polar surface area (TPSA) is 127 Å². The molecule has 0 bridgehead atoms. The molecule has 27 heavy (non-hydrogen) atoms. The summed E-state index contributed by atoms with van der Waals surface area (Å²) in [4.78, 5) is 21.0. The number of benzene rings is 2. The first-order valence-electron chi connectivity index (χ1n) is 7.41. The number of carboxylic acids is 1. The van der Waals surface area contributed by atoms with E-state index >= 15 is 0 Å². The van der Waals surface area contributed by atoms with Crippen LogP contribution in [-0.4, -0.2) is 38.1 Å². The molecule has 0 radical (unpaired) electrons. The quantitative estimate of drug-likeness (QED) is 0.560. The fourth-order valence-electron chi connectivity index (χ4n) is 2.34. The summed E-state index contributed by atoms with van der Waals surface area (Å²) in [7, 11) is -3.32. The molecule has 0 aromatic heterocycles. The number of hydrogen-bond donors (Lipinski definition) is 1. The Morgan fingerprint density at radius 1 is 1.30 bits per heavy atom. The summed E-state index contributed by atoms with van der Waals surface area (Å²) >= 11 is 0. The molecule has 2 rings (SSSR count). The van der Waals surface area contributed by atoms with Crippen LogP contribution in [0.2, 0.25) is 0 Å². The fourth-order valence-corrected chi connectivity index (χ4v) is 3.82. The van der Waals surface area contributed by atoms with Crippen LogP contribution in [0.1, 0.15) is 5.56 Å². The van der Waals surface area contributed by atoms with Crippen LogP contribution in [0.3, 0.4) is 0 Å². The highest BCUT2D eigenvalue weighted by Crippen LogP contribution is 2.31. The van der Waals surface area contributed by atoms with E-state index in [1.54, 1.807) is 0 Å². The highest BCUT2D eigenvalue weighted by molar-refractivity contribution is 7.92. The number of methoxy groups -OCH3 is 1. The van der Waals surface area contributed by atoms with Crippen LogP contribution in [0.15, 0.2) is 41.3 Å². The third-order valence-electron chi connectivity index (χ3n) is 3.66. The molecule has 0 heterocycles. The van der Waals surface area contributed by atoms with Crippen molar-refractivity contribution in [2.24, 2.45) is 0 Å². The normalized spacial score (nSPS) is 11.1. The second kappa shape index (κ2) is 7.58. The zero-order valence-corrected chi connectivity index (χ0v) is 15.1. The van der Waals surface area contributed by atoms with E-state index in [0.29, 0.717) is 15.9 Å². The van der Waals surface area contributed by atoms with Crippen molar-refractivity contribution in [3.05, 3.63) is 57.9 Å². The first kappa shape index (κ1) is 20.1. The summed E-state index contributed by atoms with van der Waals surface area (Å²) < 4.78 is 45.0. The minimum absolute atomic E-state index is 0.190. The molecule has 0 aliphatic carbocycles. The van der Waals surface area contributed by atoms with Gasteiger partial charge in [0.1, 0.15) is 6.54 Å². The molecule has 9 nitrogen and oxygen atoms in total. The molecule has 0 aliphatic rings. The Morgan fingerprint density at radius 2 is 1.96 bits per heavy atom. The third-order valence-corrected chi connectivity index (χ3v) is 5.42. The number of nitrogens with zero attached hydrogens (tertiary/aromatic N) is 2. The molecule has 144 valence electrons. The van der Waals surface area contributed by atoms with Gasteiger partial charge in [0.25, 0.3) is 15.7 Å². The van der Waals surface area contributed by atoms with Gasteiger partial charge in [-0.1, -0.05) is 6.07 Å². The highest BCUT2D eigenvalue weighted by Gasteiger charge is 2.30. The first-order valence-corrected chi connectivity index (χ1v) is 8.85. The van der Waals surface area contributed by atoms with Gasteiger partial charge in [-0.25, -0.2) is 12.8 Å². The van der Waals surface area contributed by atoms with Crippen LogP contribution in [0.5, 0.6) is 5.75 Å².